The summed E-state index contributed by atoms with van der Waals surface area (Å²) in [5, 5.41) is 10.6. The Kier molecular flexibility index (Phi) is 4.17. The summed E-state index contributed by atoms with van der Waals surface area (Å²) in [6, 6.07) is 8.88. The Morgan fingerprint density at radius 2 is 1.84 bits per heavy atom. The molecule has 0 saturated heterocycles. The fourth-order valence-electron chi connectivity index (χ4n) is 1.86. The van der Waals surface area contributed by atoms with E-state index in [1.165, 1.54) is 6.07 Å². The summed E-state index contributed by atoms with van der Waals surface area (Å²) in [6.45, 7) is 1.92. The molecule has 0 radical (unpaired) electrons. The van der Waals surface area contributed by atoms with Crippen LogP contribution in [0.3, 0.4) is 0 Å². The van der Waals surface area contributed by atoms with E-state index in [4.69, 9.17) is 11.6 Å². The molecule has 0 aliphatic heterocycles. The molecule has 1 nitrogen and oxygen atoms in total. The number of benzene rings is 2. The lowest BCUT2D eigenvalue weighted by atomic mass is 10.0. The molecule has 0 heterocycles. The van der Waals surface area contributed by atoms with Crippen molar-refractivity contribution < 1.29 is 13.9 Å². The van der Waals surface area contributed by atoms with Crippen molar-refractivity contribution in [2.75, 3.05) is 0 Å². The summed E-state index contributed by atoms with van der Waals surface area (Å²) < 4.78 is 25.9. The molecule has 2 aromatic carbocycles. The van der Waals surface area contributed by atoms with Crippen molar-refractivity contribution in [3.05, 3.63) is 69.7 Å². The van der Waals surface area contributed by atoms with Crippen molar-refractivity contribution in [3.8, 4) is 0 Å². The third kappa shape index (κ3) is 3.31. The maximum atomic E-state index is 13.1. The van der Waals surface area contributed by atoms with Crippen LogP contribution in [0.5, 0.6) is 0 Å². The van der Waals surface area contributed by atoms with Gasteiger partial charge in [-0.15, -0.1) is 0 Å². The van der Waals surface area contributed by atoms with E-state index in [0.29, 0.717) is 10.6 Å². The molecule has 0 saturated carbocycles. The van der Waals surface area contributed by atoms with Crippen LogP contribution in [-0.2, 0) is 6.42 Å². The highest BCUT2D eigenvalue weighted by molar-refractivity contribution is 6.31. The zero-order valence-corrected chi connectivity index (χ0v) is 11.1. The number of hydrogen-bond acceptors (Lipinski definition) is 1. The van der Waals surface area contributed by atoms with Crippen LogP contribution in [0.25, 0.3) is 0 Å². The van der Waals surface area contributed by atoms with Crippen molar-refractivity contribution in [1.82, 2.24) is 0 Å². The number of rotatable bonds is 3. The second kappa shape index (κ2) is 5.68. The van der Waals surface area contributed by atoms with Crippen molar-refractivity contribution >= 4 is 11.6 Å². The van der Waals surface area contributed by atoms with Gasteiger partial charge in [0.05, 0.1) is 6.10 Å². The molecular weight excluding hydrogens is 270 g/mol. The molecule has 1 atom stereocenters. The summed E-state index contributed by atoms with van der Waals surface area (Å²) in [6.07, 6.45) is -0.667. The largest absolute Gasteiger partial charge is 0.388 e. The van der Waals surface area contributed by atoms with Gasteiger partial charge in [-0.2, -0.15) is 0 Å². The molecule has 100 valence electrons. The lowest BCUT2D eigenvalue weighted by molar-refractivity contribution is 0.178. The van der Waals surface area contributed by atoms with E-state index >= 15 is 0 Å². The zero-order valence-electron chi connectivity index (χ0n) is 10.3. The Morgan fingerprint density at radius 3 is 2.47 bits per heavy atom. The predicted octanol–water partition coefficient (Wildman–Crippen LogP) is 4.20. The first-order valence-electron chi connectivity index (χ1n) is 5.85. The standard InChI is InChI=1S/C15H13ClF2O/c1-9-2-3-10(12(16)6-9)8-15(19)11-4-5-13(17)14(18)7-11/h2-7,15,19H,8H2,1H3. The first-order valence-corrected chi connectivity index (χ1v) is 6.23. The second-order valence-corrected chi connectivity index (χ2v) is 4.90. The molecule has 4 heteroatoms. The fourth-order valence-corrected chi connectivity index (χ4v) is 2.18. The third-order valence-electron chi connectivity index (χ3n) is 2.95. The molecule has 0 aliphatic rings. The zero-order chi connectivity index (χ0) is 14.0. The van der Waals surface area contributed by atoms with Crippen LogP contribution in [0, 0.1) is 18.6 Å². The first kappa shape index (κ1) is 14.0. The minimum Gasteiger partial charge on any atom is -0.388 e. The fraction of sp³-hybridized carbons (Fsp3) is 0.200. The number of aliphatic hydroxyl groups is 1. The maximum absolute atomic E-state index is 13.1. The van der Waals surface area contributed by atoms with Crippen LogP contribution < -0.4 is 0 Å². The van der Waals surface area contributed by atoms with Gasteiger partial charge in [-0.25, -0.2) is 8.78 Å². The minimum absolute atomic E-state index is 0.254. The number of hydrogen-bond donors (Lipinski definition) is 1. The normalized spacial score (nSPS) is 12.5. The van der Waals surface area contributed by atoms with Gasteiger partial charge in [0.1, 0.15) is 0 Å². The van der Waals surface area contributed by atoms with Gasteiger partial charge in [-0.05, 0) is 41.8 Å². The van der Waals surface area contributed by atoms with Gasteiger partial charge in [-0.3, -0.25) is 0 Å². The second-order valence-electron chi connectivity index (χ2n) is 4.49. The molecule has 0 fully saturated rings. The Bertz CT molecular complexity index is 599. The van der Waals surface area contributed by atoms with Gasteiger partial charge in [0.2, 0.25) is 0 Å². The van der Waals surface area contributed by atoms with Gasteiger partial charge < -0.3 is 5.11 Å². The van der Waals surface area contributed by atoms with E-state index in [1.54, 1.807) is 6.07 Å². The Morgan fingerprint density at radius 1 is 1.11 bits per heavy atom. The predicted molar refractivity (Wildman–Crippen MR) is 71.2 cm³/mol. The van der Waals surface area contributed by atoms with Crippen LogP contribution in [0.2, 0.25) is 5.02 Å². The van der Waals surface area contributed by atoms with Gasteiger partial charge in [0.25, 0.3) is 0 Å². The molecule has 2 aromatic rings. The van der Waals surface area contributed by atoms with Crippen molar-refractivity contribution in [1.29, 1.82) is 0 Å². The molecule has 0 amide bonds. The molecule has 1 unspecified atom stereocenters. The number of halogens is 3. The molecule has 0 aromatic heterocycles. The molecule has 0 spiro atoms. The van der Waals surface area contributed by atoms with E-state index in [-0.39, 0.29) is 6.42 Å². The van der Waals surface area contributed by atoms with Crippen LogP contribution in [0.15, 0.2) is 36.4 Å². The Balaban J connectivity index is 2.20. The van der Waals surface area contributed by atoms with E-state index in [2.05, 4.69) is 0 Å². The monoisotopic (exact) mass is 282 g/mol. The van der Waals surface area contributed by atoms with Gasteiger partial charge in [0, 0.05) is 11.4 Å². The highest BCUT2D eigenvalue weighted by atomic mass is 35.5. The van der Waals surface area contributed by atoms with E-state index in [0.717, 1.165) is 23.3 Å². The van der Waals surface area contributed by atoms with Crippen LogP contribution in [0.4, 0.5) is 8.78 Å². The summed E-state index contributed by atoms with van der Waals surface area (Å²) in [7, 11) is 0. The summed E-state index contributed by atoms with van der Waals surface area (Å²) in [5.41, 5.74) is 2.12. The summed E-state index contributed by atoms with van der Waals surface area (Å²) >= 11 is 6.07. The SMILES string of the molecule is Cc1ccc(CC(O)c2ccc(F)c(F)c2)c(Cl)c1. The lowest BCUT2D eigenvalue weighted by Gasteiger charge is -2.13. The highest BCUT2D eigenvalue weighted by Crippen LogP contribution is 2.25. The molecule has 0 aliphatic carbocycles. The van der Waals surface area contributed by atoms with Crippen LogP contribution in [0.1, 0.15) is 22.8 Å². The number of aryl methyl sites for hydroxylation is 1. The smallest absolute Gasteiger partial charge is 0.159 e. The van der Waals surface area contributed by atoms with Gasteiger partial charge in [-0.1, -0.05) is 29.8 Å². The quantitative estimate of drug-likeness (QED) is 0.894. The topological polar surface area (TPSA) is 20.2 Å². The molecule has 1 N–H and O–H groups in total. The van der Waals surface area contributed by atoms with E-state index in [9.17, 15) is 13.9 Å². The van der Waals surface area contributed by atoms with E-state index < -0.39 is 17.7 Å². The lowest BCUT2D eigenvalue weighted by Crippen LogP contribution is -2.03. The highest BCUT2D eigenvalue weighted by Gasteiger charge is 2.13. The maximum Gasteiger partial charge on any atom is 0.159 e. The average molecular weight is 283 g/mol. The number of aliphatic hydroxyl groups excluding tert-OH is 1. The Labute approximate surface area is 115 Å². The molecule has 0 bridgehead atoms. The van der Waals surface area contributed by atoms with Crippen LogP contribution >= 0.6 is 11.6 Å². The third-order valence-corrected chi connectivity index (χ3v) is 3.30. The van der Waals surface area contributed by atoms with Crippen molar-refractivity contribution in [2.24, 2.45) is 0 Å². The summed E-state index contributed by atoms with van der Waals surface area (Å²) in [5.74, 6) is -1.89. The van der Waals surface area contributed by atoms with E-state index in [1.807, 2.05) is 19.1 Å². The molecular formula is C15H13ClF2O. The van der Waals surface area contributed by atoms with Gasteiger partial charge >= 0.3 is 0 Å². The van der Waals surface area contributed by atoms with Crippen molar-refractivity contribution in [3.63, 3.8) is 0 Å². The van der Waals surface area contributed by atoms with Crippen molar-refractivity contribution in [2.45, 2.75) is 19.4 Å². The van der Waals surface area contributed by atoms with Gasteiger partial charge in [0.15, 0.2) is 11.6 Å². The van der Waals surface area contributed by atoms with Crippen LogP contribution in [-0.4, -0.2) is 5.11 Å². The molecule has 19 heavy (non-hydrogen) atoms. The minimum atomic E-state index is -0.966. The average Bonchev–Trinajstić information content (AvgIpc) is 2.36. The summed E-state index contributed by atoms with van der Waals surface area (Å²) in [4.78, 5) is 0. The Hall–Kier alpha value is -1.45. The first-order chi connectivity index (χ1) is 8.97. The molecule has 2 rings (SSSR count).